The zero-order chi connectivity index (χ0) is 81.5. The first-order chi connectivity index (χ1) is 58.9. The summed E-state index contributed by atoms with van der Waals surface area (Å²) in [6, 6.07) is 126. The van der Waals surface area contributed by atoms with E-state index in [1.807, 2.05) is 36.5 Å². The summed E-state index contributed by atoms with van der Waals surface area (Å²) in [5.41, 5.74) is 25.3. The summed E-state index contributed by atoms with van der Waals surface area (Å²) in [4.78, 5) is 4.87. The van der Waals surface area contributed by atoms with E-state index in [2.05, 4.69) is 378 Å². The molecule has 0 spiro atoms. The molecule has 4 aromatic heterocycles. The highest BCUT2D eigenvalue weighted by Crippen LogP contribution is 2.52. The molecule has 0 N–H and O–H groups in total. The number of aromatic nitrogens is 1. The molecule has 4 heterocycles. The molecule has 0 atom stereocenters. The number of pyridine rings is 1. The summed E-state index contributed by atoms with van der Waals surface area (Å²) in [7, 11) is 0. The van der Waals surface area contributed by atoms with Crippen molar-refractivity contribution in [3.8, 4) is 66.8 Å². The third-order valence-corrected chi connectivity index (χ3v) is 25.9. The molecular formula is C117H85NO3. The summed E-state index contributed by atoms with van der Waals surface area (Å²) in [6.45, 7) is 20.6. The first-order valence-corrected chi connectivity index (χ1v) is 42.3. The van der Waals surface area contributed by atoms with Crippen LogP contribution in [0.15, 0.2) is 365 Å². The number of nitrogens with zero attached hydrogens (tertiary/aromatic N) is 1. The molecule has 0 saturated heterocycles. The third kappa shape index (κ3) is 11.7. The number of hydrogen-bond acceptors (Lipinski definition) is 4. The molecule has 0 saturated carbocycles. The average Bonchev–Trinajstić information content (AvgIpc) is 1.39. The van der Waals surface area contributed by atoms with E-state index < -0.39 is 0 Å². The summed E-state index contributed by atoms with van der Waals surface area (Å²) in [5, 5.41) is 31.4. The maximum absolute atomic E-state index is 6.57. The second-order valence-electron chi connectivity index (χ2n) is 36.4. The lowest BCUT2D eigenvalue weighted by Gasteiger charge is -2.23. The van der Waals surface area contributed by atoms with Crippen molar-refractivity contribution >= 4 is 174 Å². The maximum atomic E-state index is 6.57. The van der Waals surface area contributed by atoms with Crippen molar-refractivity contribution in [2.24, 2.45) is 0 Å². The van der Waals surface area contributed by atoms with Crippen molar-refractivity contribution in [1.82, 2.24) is 4.98 Å². The highest BCUT2D eigenvalue weighted by atomic mass is 16.3. The fourth-order valence-corrected chi connectivity index (χ4v) is 19.7. The summed E-state index contributed by atoms with van der Waals surface area (Å²) < 4.78 is 19.3. The van der Waals surface area contributed by atoms with Gasteiger partial charge < -0.3 is 13.3 Å². The van der Waals surface area contributed by atoms with Gasteiger partial charge in [-0.05, 0) is 241 Å². The van der Waals surface area contributed by atoms with Gasteiger partial charge in [0.1, 0.15) is 33.5 Å². The highest BCUT2D eigenvalue weighted by molar-refractivity contribution is 6.33. The zero-order valence-corrected chi connectivity index (χ0v) is 69.2. The maximum Gasteiger partial charge on any atom is 0.143 e. The number of fused-ring (bicyclic) bond motifs is 10. The van der Waals surface area contributed by atoms with Crippen LogP contribution in [0.25, 0.3) is 240 Å². The van der Waals surface area contributed by atoms with Crippen LogP contribution in [-0.2, 0) is 16.2 Å². The quantitative estimate of drug-likeness (QED) is 0.156. The van der Waals surface area contributed by atoms with Crippen molar-refractivity contribution in [2.75, 3.05) is 0 Å². The first-order valence-electron chi connectivity index (χ1n) is 42.3. The van der Waals surface area contributed by atoms with Crippen LogP contribution < -0.4 is 0 Å². The van der Waals surface area contributed by atoms with Gasteiger partial charge in [0.05, 0.1) is 5.52 Å². The Hall–Kier alpha value is -14.5. The van der Waals surface area contributed by atoms with E-state index in [-0.39, 0.29) is 16.2 Å². The van der Waals surface area contributed by atoms with Gasteiger partial charge in [0, 0.05) is 60.6 Å². The van der Waals surface area contributed by atoms with E-state index in [0.29, 0.717) is 0 Å². The van der Waals surface area contributed by atoms with Gasteiger partial charge in [-0.15, -0.1) is 0 Å². The van der Waals surface area contributed by atoms with Gasteiger partial charge in [0.2, 0.25) is 0 Å². The Morgan fingerprint density at radius 2 is 0.521 bits per heavy atom. The molecule has 0 bridgehead atoms. The Kier molecular flexibility index (Phi) is 16.1. The van der Waals surface area contributed by atoms with Crippen LogP contribution in [0.3, 0.4) is 0 Å². The van der Waals surface area contributed by atoms with Gasteiger partial charge in [-0.2, -0.15) is 0 Å². The molecule has 0 amide bonds. The molecule has 0 radical (unpaired) electrons. The Morgan fingerprint density at radius 3 is 0.942 bits per heavy atom. The predicted octanol–water partition coefficient (Wildman–Crippen LogP) is 33.9. The second kappa shape index (κ2) is 27.0. The first kappa shape index (κ1) is 71.8. The molecule has 0 fully saturated rings. The number of hydrogen-bond donors (Lipinski definition) is 0. The molecular weight excluding hydrogens is 1470 g/mol. The van der Waals surface area contributed by atoms with Crippen LogP contribution in [-0.4, -0.2) is 4.98 Å². The van der Waals surface area contributed by atoms with Crippen molar-refractivity contribution in [1.29, 1.82) is 0 Å². The molecule has 0 aliphatic rings. The van der Waals surface area contributed by atoms with E-state index in [1.54, 1.807) is 0 Å². The molecule has 25 aromatic rings. The van der Waals surface area contributed by atoms with Crippen LogP contribution in [0.4, 0.5) is 0 Å². The summed E-state index contributed by atoms with van der Waals surface area (Å²) in [5.74, 6) is 0. The molecule has 0 aliphatic carbocycles. The van der Waals surface area contributed by atoms with Gasteiger partial charge in [0.25, 0.3) is 0 Å². The molecule has 576 valence electrons. The van der Waals surface area contributed by atoms with E-state index in [4.69, 9.17) is 18.2 Å². The zero-order valence-electron chi connectivity index (χ0n) is 69.2. The smallest absolute Gasteiger partial charge is 0.143 e. The van der Waals surface area contributed by atoms with Crippen molar-refractivity contribution in [3.05, 3.63) is 369 Å². The van der Waals surface area contributed by atoms with Crippen molar-refractivity contribution in [2.45, 2.75) is 78.6 Å². The molecule has 0 aliphatic heterocycles. The van der Waals surface area contributed by atoms with E-state index in [0.717, 1.165) is 93.4 Å². The average molecular weight is 1550 g/mol. The summed E-state index contributed by atoms with van der Waals surface area (Å²) >= 11 is 0. The Morgan fingerprint density at radius 1 is 0.190 bits per heavy atom. The third-order valence-electron chi connectivity index (χ3n) is 25.9. The monoisotopic (exact) mass is 1550 g/mol. The topological polar surface area (TPSA) is 52.3 Å². The van der Waals surface area contributed by atoms with Gasteiger partial charge in [-0.1, -0.05) is 347 Å². The predicted molar refractivity (Wildman–Crippen MR) is 516 cm³/mol. The van der Waals surface area contributed by atoms with Crippen molar-refractivity contribution in [3.63, 3.8) is 0 Å². The number of rotatable bonds is 6. The molecule has 0 unspecified atom stereocenters. The molecule has 25 rings (SSSR count). The van der Waals surface area contributed by atoms with Crippen LogP contribution >= 0.6 is 0 Å². The lowest BCUT2D eigenvalue weighted by atomic mass is 9.81. The molecule has 4 nitrogen and oxygen atoms in total. The minimum Gasteiger partial charge on any atom is -0.456 e. The van der Waals surface area contributed by atoms with Gasteiger partial charge in [-0.25, -0.2) is 0 Å². The van der Waals surface area contributed by atoms with Crippen LogP contribution in [0.5, 0.6) is 0 Å². The minimum absolute atomic E-state index is 0.0640. The lowest BCUT2D eigenvalue weighted by molar-refractivity contribution is 0.591. The van der Waals surface area contributed by atoms with E-state index in [9.17, 15) is 0 Å². The second-order valence-corrected chi connectivity index (χ2v) is 36.4. The lowest BCUT2D eigenvalue weighted by Crippen LogP contribution is -2.10. The normalized spacial score (nSPS) is 12.5. The number of para-hydroxylation sites is 6. The largest absolute Gasteiger partial charge is 0.456 e. The minimum atomic E-state index is 0.0640. The Labute approximate surface area is 701 Å². The van der Waals surface area contributed by atoms with E-state index in [1.165, 1.54) is 164 Å². The number of benzene rings is 21. The SMILES string of the molecule is CC(C)(C)c1cc2ccc3c(-c4ccccc4)cc(-c4ccc5oc6ccccc6c5c4)c4ccc(c1)c2c34.CC(C)(C)c1cc2ccc3c(-c4ccccc4)cc(-c4cccc5c4oc4ccccc45)c4ccc(c1)c2c34.CC(C)(C)c1cc2ccc3c(-c4cnc5ccccc5c4)cc(-c4cccc5c4oc4ccccc45)c4ccc(c1)c2c34. The van der Waals surface area contributed by atoms with Gasteiger partial charge in [0.15, 0.2) is 0 Å². The summed E-state index contributed by atoms with van der Waals surface area (Å²) in [6.07, 6.45) is 2.03. The van der Waals surface area contributed by atoms with Gasteiger partial charge in [-0.3, -0.25) is 4.98 Å². The van der Waals surface area contributed by atoms with Gasteiger partial charge >= 0.3 is 0 Å². The number of furan rings is 3. The van der Waals surface area contributed by atoms with E-state index >= 15 is 0 Å². The fourth-order valence-electron chi connectivity index (χ4n) is 19.7. The molecule has 21 aromatic carbocycles. The Bertz CT molecular complexity index is 8440. The molecule has 4 heteroatoms. The van der Waals surface area contributed by atoms with Crippen LogP contribution in [0, 0.1) is 0 Å². The van der Waals surface area contributed by atoms with Crippen LogP contribution in [0.1, 0.15) is 79.0 Å². The van der Waals surface area contributed by atoms with Crippen LogP contribution in [0.2, 0.25) is 0 Å². The fraction of sp³-hybridized carbons (Fsp3) is 0.103. The molecule has 121 heavy (non-hydrogen) atoms. The standard InChI is InChI=1S/C41H29NO.2C38H28O/c1-41(2,3)28-20-25-15-17-30-34(27-19-24-9-4-6-13-36(24)42-23-27)22-35(31-18-16-26(21-28)38(25)39(30)31)33-12-8-11-32-29-10-5-7-14-37(29)43-40(32)33;1-38(2,3)26-20-24-16-18-28-32(23-10-5-4-6-11-23)22-33(29-19-17-25(21-26)35(24)36(28)29)31-14-9-13-30-27-12-7-8-15-34(27)39-37(30)31;1-38(2,3)27-19-25-13-16-29-31(23-9-5-4-6-10-23)22-32(30-17-14-26(20-27)36(25)37(29)30)24-15-18-35-33(21-24)28-11-7-8-12-34(28)39-35/h4-23H,1-3H3;2*4-22H,1-3H3. The van der Waals surface area contributed by atoms with Crippen molar-refractivity contribution < 1.29 is 13.3 Å². The highest BCUT2D eigenvalue weighted by Gasteiger charge is 2.28. The Balaban J connectivity index is 0.000000106.